The second-order valence-electron chi connectivity index (χ2n) is 3.43. The molecule has 1 heterocycles. The van der Waals surface area contributed by atoms with Gasteiger partial charge < -0.3 is 9.52 Å². The van der Waals surface area contributed by atoms with Crippen LogP contribution in [0, 0.1) is 0 Å². The van der Waals surface area contributed by atoms with Gasteiger partial charge in [-0.15, -0.1) is 0 Å². The van der Waals surface area contributed by atoms with E-state index in [2.05, 4.69) is 15.9 Å². The van der Waals surface area contributed by atoms with Crippen LogP contribution in [0.5, 0.6) is 0 Å². The van der Waals surface area contributed by atoms with E-state index in [1.165, 1.54) is 18.2 Å². The molecule has 0 spiro atoms. The molecular weight excluding hydrogens is 323 g/mol. The van der Waals surface area contributed by atoms with E-state index in [4.69, 9.17) is 21.1 Å². The molecule has 0 aliphatic heterocycles. The Bertz CT molecular complexity index is 633. The summed E-state index contributed by atoms with van der Waals surface area (Å²) in [6.07, 6.45) is 0. The first-order valence-electron chi connectivity index (χ1n) is 4.82. The summed E-state index contributed by atoms with van der Waals surface area (Å²) >= 11 is 9.09. The van der Waals surface area contributed by atoms with Crippen molar-refractivity contribution in [1.29, 1.82) is 0 Å². The number of aromatic carboxylic acids is 1. The lowest BCUT2D eigenvalue weighted by Crippen LogP contribution is -2.00. The molecule has 0 aliphatic carbocycles. The molecule has 0 aliphatic rings. The Balaban J connectivity index is 2.35. The first-order valence-corrected chi connectivity index (χ1v) is 5.99. The van der Waals surface area contributed by atoms with Crippen LogP contribution in [0.3, 0.4) is 0 Å². The SMILES string of the molecule is O=C(O)c1ccc(C(=O)c2ccc(Br)c(Cl)c2)o1. The number of furan rings is 1. The summed E-state index contributed by atoms with van der Waals surface area (Å²) in [5, 5.41) is 9.09. The quantitative estimate of drug-likeness (QED) is 0.873. The van der Waals surface area contributed by atoms with Crippen LogP contribution in [0.25, 0.3) is 0 Å². The maximum absolute atomic E-state index is 12.0. The highest BCUT2D eigenvalue weighted by Gasteiger charge is 2.17. The van der Waals surface area contributed by atoms with Crippen molar-refractivity contribution in [3.8, 4) is 0 Å². The first-order chi connectivity index (χ1) is 8.49. The molecule has 2 aromatic rings. The van der Waals surface area contributed by atoms with Crippen molar-refractivity contribution in [3.05, 3.63) is 56.9 Å². The zero-order valence-corrected chi connectivity index (χ0v) is 11.2. The highest BCUT2D eigenvalue weighted by Crippen LogP contribution is 2.24. The van der Waals surface area contributed by atoms with Crippen molar-refractivity contribution in [2.24, 2.45) is 0 Å². The van der Waals surface area contributed by atoms with Crippen LogP contribution < -0.4 is 0 Å². The molecule has 1 aromatic heterocycles. The van der Waals surface area contributed by atoms with Crippen molar-refractivity contribution in [3.63, 3.8) is 0 Å². The molecule has 92 valence electrons. The van der Waals surface area contributed by atoms with Gasteiger partial charge in [0.25, 0.3) is 0 Å². The van der Waals surface area contributed by atoms with Crippen LogP contribution in [0.15, 0.2) is 39.2 Å². The summed E-state index contributed by atoms with van der Waals surface area (Å²) < 4.78 is 5.60. The van der Waals surface area contributed by atoms with Crippen LogP contribution in [-0.2, 0) is 0 Å². The minimum atomic E-state index is -1.22. The highest BCUT2D eigenvalue weighted by molar-refractivity contribution is 9.10. The Morgan fingerprint density at radius 1 is 1.17 bits per heavy atom. The third-order valence-corrected chi connectivity index (χ3v) is 3.45. The summed E-state index contributed by atoms with van der Waals surface area (Å²) in [4.78, 5) is 22.6. The molecular formula is C12H6BrClO4. The van der Waals surface area contributed by atoms with Crippen molar-refractivity contribution in [1.82, 2.24) is 0 Å². The third-order valence-electron chi connectivity index (χ3n) is 2.22. The molecule has 6 heteroatoms. The molecule has 0 radical (unpaired) electrons. The Morgan fingerprint density at radius 3 is 2.39 bits per heavy atom. The minimum Gasteiger partial charge on any atom is -0.475 e. The molecule has 4 nitrogen and oxygen atoms in total. The third kappa shape index (κ3) is 2.47. The number of carboxylic acids is 1. The molecule has 1 N–H and O–H groups in total. The van der Waals surface area contributed by atoms with Crippen LogP contribution in [0.4, 0.5) is 0 Å². The molecule has 0 saturated heterocycles. The number of hydrogen-bond acceptors (Lipinski definition) is 3. The van der Waals surface area contributed by atoms with Gasteiger partial charge in [0.15, 0.2) is 5.76 Å². The smallest absolute Gasteiger partial charge is 0.371 e. The monoisotopic (exact) mass is 328 g/mol. The molecule has 0 atom stereocenters. The van der Waals surface area contributed by atoms with E-state index in [0.717, 1.165) is 0 Å². The fourth-order valence-corrected chi connectivity index (χ4v) is 1.78. The summed E-state index contributed by atoms with van der Waals surface area (Å²) in [5.41, 5.74) is 0.328. The lowest BCUT2D eigenvalue weighted by Gasteiger charge is -2.00. The second kappa shape index (κ2) is 4.96. The first kappa shape index (κ1) is 12.9. The number of carbonyl (C=O) groups is 2. The number of halogens is 2. The predicted molar refractivity (Wildman–Crippen MR) is 68.3 cm³/mol. The summed E-state index contributed by atoms with van der Waals surface area (Å²) in [7, 11) is 0. The normalized spacial score (nSPS) is 10.3. The predicted octanol–water partition coefficient (Wildman–Crippen LogP) is 3.62. The number of rotatable bonds is 3. The van der Waals surface area contributed by atoms with Gasteiger partial charge in [-0.05, 0) is 46.3 Å². The van der Waals surface area contributed by atoms with E-state index in [1.54, 1.807) is 12.1 Å². The van der Waals surface area contributed by atoms with Crippen LogP contribution >= 0.6 is 27.5 Å². The van der Waals surface area contributed by atoms with Crippen LogP contribution in [0.2, 0.25) is 5.02 Å². The highest BCUT2D eigenvalue weighted by atomic mass is 79.9. The van der Waals surface area contributed by atoms with Gasteiger partial charge in [-0.2, -0.15) is 0 Å². The average Bonchev–Trinajstić information content (AvgIpc) is 2.81. The van der Waals surface area contributed by atoms with Gasteiger partial charge in [0.05, 0.1) is 5.02 Å². The zero-order valence-electron chi connectivity index (χ0n) is 8.81. The van der Waals surface area contributed by atoms with Crippen LogP contribution in [0.1, 0.15) is 26.7 Å². The maximum atomic E-state index is 12.0. The van der Waals surface area contributed by atoms with Gasteiger partial charge in [-0.3, -0.25) is 4.79 Å². The van der Waals surface area contributed by atoms with Crippen molar-refractivity contribution in [2.45, 2.75) is 0 Å². The Kier molecular flexibility index (Phi) is 3.54. The van der Waals surface area contributed by atoms with Crippen molar-refractivity contribution >= 4 is 39.3 Å². The van der Waals surface area contributed by atoms with Gasteiger partial charge in [0.2, 0.25) is 11.5 Å². The van der Waals surface area contributed by atoms with Gasteiger partial charge in [-0.25, -0.2) is 4.79 Å². The lowest BCUT2D eigenvalue weighted by atomic mass is 10.1. The van der Waals surface area contributed by atoms with Gasteiger partial charge in [0.1, 0.15) is 0 Å². The van der Waals surface area contributed by atoms with Crippen molar-refractivity contribution < 1.29 is 19.1 Å². The number of hydrogen-bond donors (Lipinski definition) is 1. The van der Waals surface area contributed by atoms with E-state index in [1.807, 2.05) is 0 Å². The molecule has 2 rings (SSSR count). The maximum Gasteiger partial charge on any atom is 0.371 e. The molecule has 0 amide bonds. The minimum absolute atomic E-state index is 0.0363. The molecule has 0 bridgehead atoms. The topological polar surface area (TPSA) is 67.5 Å². The number of benzene rings is 1. The number of carbonyl (C=O) groups excluding carboxylic acids is 1. The second-order valence-corrected chi connectivity index (χ2v) is 4.69. The number of ketones is 1. The molecule has 0 unspecified atom stereocenters. The largest absolute Gasteiger partial charge is 0.475 e. The Labute approximate surface area is 115 Å². The fourth-order valence-electron chi connectivity index (χ4n) is 1.35. The van der Waals surface area contributed by atoms with Gasteiger partial charge >= 0.3 is 5.97 Å². The van der Waals surface area contributed by atoms with E-state index in [0.29, 0.717) is 15.1 Å². The molecule has 0 saturated carbocycles. The molecule has 1 aromatic carbocycles. The van der Waals surface area contributed by atoms with Gasteiger partial charge in [0, 0.05) is 10.0 Å². The lowest BCUT2D eigenvalue weighted by molar-refractivity contribution is 0.0660. The summed E-state index contributed by atoms with van der Waals surface area (Å²) in [6, 6.07) is 7.24. The van der Waals surface area contributed by atoms with Crippen LogP contribution in [-0.4, -0.2) is 16.9 Å². The van der Waals surface area contributed by atoms with Crippen molar-refractivity contribution in [2.75, 3.05) is 0 Å². The molecule has 0 fully saturated rings. The Hall–Kier alpha value is -1.59. The van der Waals surface area contributed by atoms with E-state index in [-0.39, 0.29) is 11.5 Å². The standard InChI is InChI=1S/C12H6BrClO4/c13-7-2-1-6(5-8(7)14)11(15)9-3-4-10(18-9)12(16)17/h1-5H,(H,16,17). The van der Waals surface area contributed by atoms with E-state index < -0.39 is 11.8 Å². The zero-order chi connectivity index (χ0) is 13.3. The fraction of sp³-hybridized carbons (Fsp3) is 0. The van der Waals surface area contributed by atoms with E-state index in [9.17, 15) is 9.59 Å². The summed E-state index contributed by atoms with van der Waals surface area (Å²) in [6.45, 7) is 0. The Morgan fingerprint density at radius 2 is 1.83 bits per heavy atom. The summed E-state index contributed by atoms with van der Waals surface area (Å²) in [5.74, 6) is -1.95. The van der Waals surface area contributed by atoms with Gasteiger partial charge in [-0.1, -0.05) is 11.6 Å². The van der Waals surface area contributed by atoms with E-state index >= 15 is 0 Å². The number of carboxylic acid groups (broad SMARTS) is 1. The average molecular weight is 330 g/mol. The molecule has 18 heavy (non-hydrogen) atoms.